The second-order valence-corrected chi connectivity index (χ2v) is 8.80. The fourth-order valence-corrected chi connectivity index (χ4v) is 5.04. The lowest BCUT2D eigenvalue weighted by molar-refractivity contribution is 0.186. The first-order chi connectivity index (χ1) is 15.1. The molecule has 0 radical (unpaired) electrons. The van der Waals surface area contributed by atoms with Crippen molar-refractivity contribution in [3.05, 3.63) is 57.8 Å². The number of hydrogen-bond acceptors (Lipinski definition) is 5. The third kappa shape index (κ3) is 3.95. The molecule has 162 valence electrons. The van der Waals surface area contributed by atoms with Crippen LogP contribution in [0.4, 0.5) is 5.69 Å². The Morgan fingerprint density at radius 2 is 1.94 bits per heavy atom. The fourth-order valence-electron chi connectivity index (χ4n) is 4.85. The highest BCUT2D eigenvalue weighted by Gasteiger charge is 2.29. The SMILES string of the molecule is COCCn1c(-c2cccc(Cl)c2)nc2ccc(N3CCN4CCC3CC4)cc2c1=O. The largest absolute Gasteiger partial charge is 0.383 e. The van der Waals surface area contributed by atoms with Crippen LogP contribution in [-0.2, 0) is 11.3 Å². The van der Waals surface area contributed by atoms with Gasteiger partial charge in [0, 0.05) is 55.6 Å². The lowest BCUT2D eigenvalue weighted by Gasteiger charge is -2.33. The van der Waals surface area contributed by atoms with Gasteiger partial charge in [-0.3, -0.25) is 9.36 Å². The lowest BCUT2D eigenvalue weighted by Crippen LogP contribution is -2.38. The molecule has 0 spiro atoms. The maximum absolute atomic E-state index is 13.6. The van der Waals surface area contributed by atoms with Crippen molar-refractivity contribution in [2.45, 2.75) is 25.4 Å². The number of halogens is 1. The van der Waals surface area contributed by atoms with E-state index >= 15 is 0 Å². The summed E-state index contributed by atoms with van der Waals surface area (Å²) in [6, 6.07) is 14.1. The van der Waals surface area contributed by atoms with Gasteiger partial charge in [0.25, 0.3) is 5.56 Å². The lowest BCUT2D eigenvalue weighted by atomic mass is 10.0. The summed E-state index contributed by atoms with van der Waals surface area (Å²) in [5.41, 5.74) is 2.61. The topological polar surface area (TPSA) is 50.6 Å². The molecule has 0 aliphatic carbocycles. The molecular weight excluding hydrogens is 412 g/mol. The first-order valence-electron chi connectivity index (χ1n) is 10.9. The number of rotatable bonds is 5. The molecule has 0 unspecified atom stereocenters. The Balaban J connectivity index is 1.62. The second-order valence-electron chi connectivity index (χ2n) is 8.36. The van der Waals surface area contributed by atoms with E-state index in [0.717, 1.165) is 24.3 Å². The van der Waals surface area contributed by atoms with E-state index in [1.807, 2.05) is 36.4 Å². The molecule has 6 rings (SSSR count). The van der Waals surface area contributed by atoms with Crippen LogP contribution < -0.4 is 10.5 Å². The van der Waals surface area contributed by atoms with Gasteiger partial charge in [0.05, 0.1) is 24.1 Å². The van der Waals surface area contributed by atoms with E-state index in [1.54, 1.807) is 11.7 Å². The van der Waals surface area contributed by atoms with Gasteiger partial charge >= 0.3 is 0 Å². The summed E-state index contributed by atoms with van der Waals surface area (Å²) >= 11 is 6.21. The van der Waals surface area contributed by atoms with Crippen LogP contribution in [0.1, 0.15) is 12.8 Å². The molecule has 3 saturated heterocycles. The minimum atomic E-state index is -0.0401. The summed E-state index contributed by atoms with van der Waals surface area (Å²) in [5.74, 6) is 0.617. The van der Waals surface area contributed by atoms with Crippen LogP contribution in [0.5, 0.6) is 0 Å². The van der Waals surface area contributed by atoms with E-state index in [-0.39, 0.29) is 5.56 Å². The molecule has 1 aromatic heterocycles. The van der Waals surface area contributed by atoms with E-state index in [4.69, 9.17) is 21.3 Å². The van der Waals surface area contributed by atoms with Gasteiger partial charge in [0.2, 0.25) is 0 Å². The predicted octanol–water partition coefficient (Wildman–Crippen LogP) is 3.65. The number of nitrogens with zero attached hydrogens (tertiary/aromatic N) is 4. The molecule has 6 nitrogen and oxygen atoms in total. The average molecular weight is 439 g/mol. The van der Waals surface area contributed by atoms with Crippen LogP contribution in [0.3, 0.4) is 0 Å². The highest BCUT2D eigenvalue weighted by molar-refractivity contribution is 6.30. The van der Waals surface area contributed by atoms with Crippen LogP contribution in [0.15, 0.2) is 47.3 Å². The van der Waals surface area contributed by atoms with E-state index in [1.165, 1.54) is 25.9 Å². The van der Waals surface area contributed by atoms with E-state index < -0.39 is 0 Å². The number of benzene rings is 2. The van der Waals surface area contributed by atoms with Gasteiger partial charge in [-0.25, -0.2) is 4.98 Å². The molecule has 3 aliphatic rings. The zero-order chi connectivity index (χ0) is 21.4. The molecule has 0 atom stereocenters. The highest BCUT2D eigenvalue weighted by atomic mass is 35.5. The summed E-state index contributed by atoms with van der Waals surface area (Å²) < 4.78 is 6.98. The predicted molar refractivity (Wildman–Crippen MR) is 125 cm³/mol. The van der Waals surface area contributed by atoms with Gasteiger partial charge in [-0.05, 0) is 43.2 Å². The van der Waals surface area contributed by atoms with Crippen molar-refractivity contribution in [2.24, 2.45) is 0 Å². The van der Waals surface area contributed by atoms with Crippen molar-refractivity contribution in [1.82, 2.24) is 14.5 Å². The molecule has 0 amide bonds. The van der Waals surface area contributed by atoms with Crippen LogP contribution in [0, 0.1) is 0 Å². The number of fused-ring (bicyclic) bond motifs is 5. The number of methoxy groups -OCH3 is 1. The Hall–Kier alpha value is -2.41. The van der Waals surface area contributed by atoms with Crippen LogP contribution in [0.25, 0.3) is 22.3 Å². The third-order valence-electron chi connectivity index (χ3n) is 6.53. The summed E-state index contributed by atoms with van der Waals surface area (Å²) in [6.45, 7) is 5.29. The van der Waals surface area contributed by atoms with Crippen molar-refractivity contribution in [2.75, 3.05) is 44.8 Å². The molecule has 0 N–H and O–H groups in total. The Morgan fingerprint density at radius 3 is 2.71 bits per heavy atom. The van der Waals surface area contributed by atoms with Gasteiger partial charge in [-0.15, -0.1) is 0 Å². The van der Waals surface area contributed by atoms with Gasteiger partial charge in [0.1, 0.15) is 5.82 Å². The minimum Gasteiger partial charge on any atom is -0.383 e. The third-order valence-corrected chi connectivity index (χ3v) is 6.76. The van der Waals surface area contributed by atoms with Crippen molar-refractivity contribution >= 4 is 28.2 Å². The first kappa shape index (κ1) is 20.5. The van der Waals surface area contributed by atoms with Crippen molar-refractivity contribution in [3.63, 3.8) is 0 Å². The molecule has 7 heteroatoms. The quantitative estimate of drug-likeness (QED) is 0.608. The average Bonchev–Trinajstić information content (AvgIpc) is 3.12. The van der Waals surface area contributed by atoms with Gasteiger partial charge in [0.15, 0.2) is 0 Å². The summed E-state index contributed by atoms with van der Waals surface area (Å²) in [6.07, 6.45) is 2.37. The molecule has 2 bridgehead atoms. The van der Waals surface area contributed by atoms with E-state index in [9.17, 15) is 4.79 Å². The molecule has 31 heavy (non-hydrogen) atoms. The molecule has 3 aliphatic heterocycles. The van der Waals surface area contributed by atoms with Gasteiger partial charge in [-0.2, -0.15) is 0 Å². The minimum absolute atomic E-state index is 0.0401. The Morgan fingerprint density at radius 1 is 1.10 bits per heavy atom. The normalized spacial score (nSPS) is 20.9. The Kier molecular flexibility index (Phi) is 5.69. The van der Waals surface area contributed by atoms with Gasteiger partial charge in [-0.1, -0.05) is 23.7 Å². The molecule has 0 saturated carbocycles. The van der Waals surface area contributed by atoms with Crippen molar-refractivity contribution in [1.29, 1.82) is 0 Å². The smallest absolute Gasteiger partial charge is 0.261 e. The number of piperidine rings is 1. The van der Waals surface area contributed by atoms with Gasteiger partial charge < -0.3 is 14.5 Å². The molecule has 2 aromatic carbocycles. The Labute approximate surface area is 187 Å². The fraction of sp³-hybridized carbons (Fsp3) is 0.417. The molecular formula is C24H27ClN4O2. The maximum Gasteiger partial charge on any atom is 0.261 e. The summed E-state index contributed by atoms with van der Waals surface area (Å²) in [5, 5.41) is 1.27. The monoisotopic (exact) mass is 438 g/mol. The molecule has 3 aromatic rings. The second kappa shape index (κ2) is 8.61. The highest BCUT2D eigenvalue weighted by Crippen LogP contribution is 2.29. The standard InChI is InChI=1S/C24H27ClN4O2/c1-31-14-13-29-23(17-3-2-4-18(25)15-17)26-22-6-5-20(16-21(22)24(29)30)28-12-11-27-9-7-19(28)8-10-27/h2-6,15-16,19H,7-14H2,1H3. The van der Waals surface area contributed by atoms with E-state index in [0.29, 0.717) is 40.9 Å². The first-order valence-corrected chi connectivity index (χ1v) is 11.3. The number of anilines is 1. The Bertz CT molecular complexity index is 1150. The summed E-state index contributed by atoms with van der Waals surface area (Å²) in [4.78, 5) is 23.5. The number of aromatic nitrogens is 2. The molecule has 3 fully saturated rings. The summed E-state index contributed by atoms with van der Waals surface area (Å²) in [7, 11) is 1.64. The molecule has 4 heterocycles. The number of ether oxygens (including phenoxy) is 1. The number of hydrogen-bond donors (Lipinski definition) is 0. The van der Waals surface area contributed by atoms with Crippen molar-refractivity contribution < 1.29 is 4.74 Å². The van der Waals surface area contributed by atoms with Crippen LogP contribution in [0.2, 0.25) is 5.02 Å². The zero-order valence-corrected chi connectivity index (χ0v) is 18.5. The zero-order valence-electron chi connectivity index (χ0n) is 17.8. The maximum atomic E-state index is 13.6. The van der Waals surface area contributed by atoms with Crippen LogP contribution >= 0.6 is 11.6 Å². The van der Waals surface area contributed by atoms with E-state index in [2.05, 4.69) is 15.9 Å². The van der Waals surface area contributed by atoms with Crippen LogP contribution in [-0.4, -0.2) is 60.4 Å². The van der Waals surface area contributed by atoms with Crippen molar-refractivity contribution in [3.8, 4) is 11.4 Å².